The van der Waals surface area contributed by atoms with Gasteiger partial charge in [0.15, 0.2) is 5.82 Å². The van der Waals surface area contributed by atoms with E-state index in [9.17, 15) is 4.79 Å². The summed E-state index contributed by atoms with van der Waals surface area (Å²) in [7, 11) is 1.88. The van der Waals surface area contributed by atoms with Crippen LogP contribution in [0.1, 0.15) is 39.9 Å². The third-order valence-electron chi connectivity index (χ3n) is 5.44. The van der Waals surface area contributed by atoms with Crippen molar-refractivity contribution in [2.24, 2.45) is 7.05 Å². The van der Waals surface area contributed by atoms with Crippen molar-refractivity contribution in [2.75, 3.05) is 0 Å². The predicted octanol–water partition coefficient (Wildman–Crippen LogP) is 3.17. The highest BCUT2D eigenvalue weighted by Crippen LogP contribution is 2.25. The van der Waals surface area contributed by atoms with Crippen molar-refractivity contribution in [3.05, 3.63) is 76.9 Å². The van der Waals surface area contributed by atoms with Gasteiger partial charge in [-0.25, -0.2) is 0 Å². The molecule has 4 rings (SSSR count). The zero-order valence-corrected chi connectivity index (χ0v) is 18.1. The molecule has 0 radical (unpaired) electrons. The first kappa shape index (κ1) is 20.5. The molecule has 4 aromatic rings. The number of aryl methyl sites for hydroxylation is 3. The summed E-state index contributed by atoms with van der Waals surface area (Å²) in [5.41, 5.74) is 6.44. The number of aromatic nitrogens is 6. The van der Waals surface area contributed by atoms with E-state index < -0.39 is 0 Å². The molecule has 0 unspecified atom stereocenters. The van der Waals surface area contributed by atoms with Gasteiger partial charge in [0.1, 0.15) is 0 Å². The van der Waals surface area contributed by atoms with Crippen LogP contribution in [0.5, 0.6) is 0 Å². The third-order valence-corrected chi connectivity index (χ3v) is 5.44. The highest BCUT2D eigenvalue weighted by atomic mass is 16.1. The predicted molar refractivity (Wildman–Crippen MR) is 118 cm³/mol. The monoisotopic (exact) mass is 415 g/mol. The van der Waals surface area contributed by atoms with Crippen molar-refractivity contribution < 1.29 is 4.79 Å². The molecule has 0 spiro atoms. The molecule has 31 heavy (non-hydrogen) atoms. The maximum atomic E-state index is 13.1. The van der Waals surface area contributed by atoms with Crippen LogP contribution >= 0.6 is 0 Å². The van der Waals surface area contributed by atoms with Crippen LogP contribution in [0.25, 0.3) is 16.8 Å². The number of amides is 1. The van der Waals surface area contributed by atoms with Crippen molar-refractivity contribution >= 4 is 5.91 Å². The number of rotatable bonds is 6. The second-order valence-corrected chi connectivity index (χ2v) is 7.56. The van der Waals surface area contributed by atoms with E-state index in [4.69, 9.17) is 0 Å². The van der Waals surface area contributed by atoms with E-state index in [2.05, 4.69) is 50.2 Å². The average Bonchev–Trinajstić information content (AvgIpc) is 3.39. The van der Waals surface area contributed by atoms with Crippen LogP contribution in [0, 0.1) is 13.8 Å². The fourth-order valence-electron chi connectivity index (χ4n) is 3.40. The molecule has 2 heterocycles. The van der Waals surface area contributed by atoms with Gasteiger partial charge < -0.3 is 5.32 Å². The van der Waals surface area contributed by atoms with Gasteiger partial charge in [-0.05, 0) is 53.6 Å². The number of nitrogens with zero attached hydrogens (tertiary/aromatic N) is 6. The molecule has 0 saturated heterocycles. The van der Waals surface area contributed by atoms with Gasteiger partial charge in [0.25, 0.3) is 5.91 Å². The van der Waals surface area contributed by atoms with Crippen LogP contribution in [0.4, 0.5) is 0 Å². The topological polar surface area (TPSA) is 90.5 Å². The summed E-state index contributed by atoms with van der Waals surface area (Å²) in [6, 6.07) is 13.9. The van der Waals surface area contributed by atoms with E-state index in [0.717, 1.165) is 33.9 Å². The van der Waals surface area contributed by atoms with E-state index >= 15 is 0 Å². The number of tetrazole rings is 1. The fourth-order valence-corrected chi connectivity index (χ4v) is 3.40. The van der Waals surface area contributed by atoms with Crippen LogP contribution in [0.2, 0.25) is 0 Å². The van der Waals surface area contributed by atoms with Crippen LogP contribution in [-0.2, 0) is 20.0 Å². The Kier molecular flexibility index (Phi) is 5.62. The molecule has 0 fully saturated rings. The van der Waals surface area contributed by atoms with E-state index in [1.54, 1.807) is 15.6 Å². The summed E-state index contributed by atoms with van der Waals surface area (Å²) in [5, 5.41) is 19.2. The number of hydrogen-bond donors (Lipinski definition) is 1. The molecule has 8 nitrogen and oxygen atoms in total. The number of benzene rings is 2. The Morgan fingerprint density at radius 3 is 2.52 bits per heavy atom. The van der Waals surface area contributed by atoms with Crippen LogP contribution in [-0.4, -0.2) is 35.9 Å². The average molecular weight is 416 g/mol. The number of carbonyl (C=O) groups excluding carboxylic acids is 1. The summed E-state index contributed by atoms with van der Waals surface area (Å²) in [6.07, 6.45) is 2.46. The van der Waals surface area contributed by atoms with Gasteiger partial charge in [0.2, 0.25) is 0 Å². The smallest absolute Gasteiger partial charge is 0.251 e. The first-order chi connectivity index (χ1) is 15.0. The lowest BCUT2D eigenvalue weighted by atomic mass is 10.0. The highest BCUT2D eigenvalue weighted by molar-refractivity contribution is 5.96. The number of nitrogens with one attached hydrogen (secondary N) is 1. The molecule has 2 aromatic carbocycles. The van der Waals surface area contributed by atoms with Crippen LogP contribution in [0.15, 0.2) is 48.7 Å². The molecule has 0 saturated carbocycles. The minimum absolute atomic E-state index is 0.162. The summed E-state index contributed by atoms with van der Waals surface area (Å²) in [5.74, 6) is 0.572. The van der Waals surface area contributed by atoms with Crippen LogP contribution in [0.3, 0.4) is 0 Å². The van der Waals surface area contributed by atoms with Crippen molar-refractivity contribution in [1.29, 1.82) is 0 Å². The second kappa shape index (κ2) is 8.51. The van der Waals surface area contributed by atoms with Gasteiger partial charge in [-0.2, -0.15) is 9.78 Å². The zero-order chi connectivity index (χ0) is 22.0. The standard InChI is InChI=1S/C23H25N7O/c1-5-22-26-27-28-30(22)21-11-18(17-8-6-15(2)7-9-17)10-19(12-21)23(31)24-13-20-14-25-29(4)16(20)3/h6-12,14H,5,13H2,1-4H3,(H,24,31). The largest absolute Gasteiger partial charge is 0.348 e. The second-order valence-electron chi connectivity index (χ2n) is 7.56. The lowest BCUT2D eigenvalue weighted by Gasteiger charge is -2.12. The highest BCUT2D eigenvalue weighted by Gasteiger charge is 2.15. The Morgan fingerprint density at radius 1 is 1.06 bits per heavy atom. The minimum atomic E-state index is -0.162. The zero-order valence-electron chi connectivity index (χ0n) is 18.1. The van der Waals surface area contributed by atoms with Crippen LogP contribution < -0.4 is 5.32 Å². The minimum Gasteiger partial charge on any atom is -0.348 e. The van der Waals surface area contributed by atoms with Gasteiger partial charge in [0.05, 0.1) is 11.9 Å². The fraction of sp³-hybridized carbons (Fsp3) is 0.261. The Morgan fingerprint density at radius 2 is 1.84 bits per heavy atom. The maximum absolute atomic E-state index is 13.1. The molecule has 0 bridgehead atoms. The first-order valence-electron chi connectivity index (χ1n) is 10.2. The quantitative estimate of drug-likeness (QED) is 0.522. The Balaban J connectivity index is 1.71. The Bertz CT molecular complexity index is 1220. The third kappa shape index (κ3) is 4.23. The van der Waals surface area contributed by atoms with Gasteiger partial charge in [-0.1, -0.05) is 36.8 Å². The molecule has 158 valence electrons. The Labute approximate surface area is 180 Å². The van der Waals surface area contributed by atoms with Gasteiger partial charge in [-0.3, -0.25) is 9.48 Å². The van der Waals surface area contributed by atoms with E-state index in [0.29, 0.717) is 18.5 Å². The normalized spacial score (nSPS) is 11.0. The molecule has 1 N–H and O–H groups in total. The molecular formula is C23H25N7O. The van der Waals surface area contributed by atoms with Gasteiger partial charge in [0, 0.05) is 36.8 Å². The van der Waals surface area contributed by atoms with Crippen molar-refractivity contribution in [2.45, 2.75) is 33.7 Å². The summed E-state index contributed by atoms with van der Waals surface area (Å²) < 4.78 is 3.47. The molecule has 0 aliphatic rings. The van der Waals surface area contributed by atoms with Gasteiger partial charge in [-0.15, -0.1) is 5.10 Å². The van der Waals surface area contributed by atoms with Gasteiger partial charge >= 0.3 is 0 Å². The lowest BCUT2D eigenvalue weighted by molar-refractivity contribution is 0.0951. The number of carbonyl (C=O) groups is 1. The van der Waals surface area contributed by atoms with E-state index in [-0.39, 0.29) is 5.91 Å². The summed E-state index contributed by atoms with van der Waals surface area (Å²) in [4.78, 5) is 13.1. The first-order valence-corrected chi connectivity index (χ1v) is 10.2. The summed E-state index contributed by atoms with van der Waals surface area (Å²) in [6.45, 7) is 6.44. The Hall–Kier alpha value is -3.81. The number of hydrogen-bond acceptors (Lipinski definition) is 5. The molecule has 1 amide bonds. The SMILES string of the molecule is CCc1nnnn1-c1cc(C(=O)NCc2cnn(C)c2C)cc(-c2ccc(C)cc2)c1. The lowest BCUT2D eigenvalue weighted by Crippen LogP contribution is -2.23. The van der Waals surface area contributed by atoms with Crippen molar-refractivity contribution in [3.63, 3.8) is 0 Å². The van der Waals surface area contributed by atoms with Crippen molar-refractivity contribution in [3.8, 4) is 16.8 Å². The van der Waals surface area contributed by atoms with Crippen molar-refractivity contribution in [1.82, 2.24) is 35.3 Å². The molecule has 8 heteroatoms. The maximum Gasteiger partial charge on any atom is 0.251 e. The molecule has 0 atom stereocenters. The molecule has 2 aromatic heterocycles. The molecule has 0 aliphatic heterocycles. The summed E-state index contributed by atoms with van der Waals surface area (Å²) >= 11 is 0. The van der Waals surface area contributed by atoms with E-state index in [1.165, 1.54) is 5.56 Å². The molecular weight excluding hydrogens is 390 g/mol. The molecule has 0 aliphatic carbocycles. The van der Waals surface area contributed by atoms with E-state index in [1.807, 2.05) is 46.0 Å².